The van der Waals surface area contributed by atoms with Crippen molar-refractivity contribution >= 4 is 22.8 Å². The Morgan fingerprint density at radius 1 is 1.29 bits per heavy atom. The Morgan fingerprint density at radius 3 is 2.71 bits per heavy atom. The first-order valence-electron chi connectivity index (χ1n) is 6.91. The molecule has 0 fully saturated rings. The zero-order valence-electron chi connectivity index (χ0n) is 12.4. The number of fused-ring (bicyclic) bond motifs is 1. The van der Waals surface area contributed by atoms with Gasteiger partial charge in [0, 0.05) is 24.2 Å². The van der Waals surface area contributed by atoms with Crippen molar-refractivity contribution in [3.05, 3.63) is 24.0 Å². The number of hydrogen-bond donors (Lipinski definition) is 2. The zero-order valence-corrected chi connectivity index (χ0v) is 12.4. The van der Waals surface area contributed by atoms with Crippen molar-refractivity contribution in [3.63, 3.8) is 0 Å². The third-order valence-corrected chi connectivity index (χ3v) is 2.97. The van der Waals surface area contributed by atoms with Crippen molar-refractivity contribution in [2.45, 2.75) is 26.8 Å². The fraction of sp³-hybridized carbons (Fsp3) is 0.429. The predicted molar refractivity (Wildman–Crippen MR) is 78.9 cm³/mol. The summed E-state index contributed by atoms with van der Waals surface area (Å²) in [7, 11) is 0. The minimum absolute atomic E-state index is 0.0457. The van der Waals surface area contributed by atoms with Gasteiger partial charge in [-0.3, -0.25) is 9.59 Å². The van der Waals surface area contributed by atoms with Gasteiger partial charge in [0.15, 0.2) is 5.65 Å². The molecule has 0 saturated carbocycles. The third-order valence-electron chi connectivity index (χ3n) is 2.97. The molecule has 21 heavy (non-hydrogen) atoms. The predicted octanol–water partition coefficient (Wildman–Crippen LogP) is 0.878. The molecule has 2 amide bonds. The van der Waals surface area contributed by atoms with Crippen LogP contribution >= 0.6 is 0 Å². The zero-order chi connectivity index (χ0) is 15.4. The number of nitrogens with zero attached hydrogens (tertiary/aromatic N) is 3. The molecule has 7 heteroatoms. The van der Waals surface area contributed by atoms with Crippen LogP contribution in [-0.4, -0.2) is 39.7 Å². The van der Waals surface area contributed by atoms with Gasteiger partial charge in [-0.1, -0.05) is 0 Å². The quantitative estimate of drug-likeness (QED) is 0.855. The number of carbonyl (C=O) groups excluding carboxylic acids is 2. The van der Waals surface area contributed by atoms with E-state index in [0.29, 0.717) is 12.1 Å². The smallest absolute Gasteiger partial charge is 0.253 e. The number of aromatic nitrogens is 3. The van der Waals surface area contributed by atoms with Crippen molar-refractivity contribution in [3.8, 4) is 0 Å². The summed E-state index contributed by atoms with van der Waals surface area (Å²) in [5.74, 6) is -0.541. The Hall–Kier alpha value is -2.44. The molecular weight excluding hydrogens is 270 g/mol. The molecule has 0 aliphatic rings. The summed E-state index contributed by atoms with van der Waals surface area (Å²) in [4.78, 5) is 27.6. The number of rotatable bonds is 5. The van der Waals surface area contributed by atoms with Crippen LogP contribution in [0.25, 0.3) is 11.0 Å². The molecule has 0 aliphatic carbocycles. The maximum absolute atomic E-state index is 12.0. The lowest BCUT2D eigenvalue weighted by atomic mass is 10.2. The molecule has 2 rings (SSSR count). The van der Waals surface area contributed by atoms with Crippen molar-refractivity contribution < 1.29 is 9.59 Å². The second kappa shape index (κ2) is 6.34. The van der Waals surface area contributed by atoms with E-state index in [0.717, 1.165) is 11.0 Å². The molecule has 2 N–H and O–H groups in total. The molecule has 0 spiro atoms. The Labute approximate surface area is 122 Å². The van der Waals surface area contributed by atoms with Crippen LogP contribution in [0.4, 0.5) is 0 Å². The van der Waals surface area contributed by atoms with Gasteiger partial charge in [0.05, 0.1) is 18.3 Å². The van der Waals surface area contributed by atoms with Gasteiger partial charge in [-0.2, -0.15) is 5.10 Å². The Morgan fingerprint density at radius 2 is 2.05 bits per heavy atom. The lowest BCUT2D eigenvalue weighted by molar-refractivity contribution is -0.120. The fourth-order valence-electron chi connectivity index (χ4n) is 1.96. The average molecular weight is 289 g/mol. The molecule has 0 atom stereocenters. The van der Waals surface area contributed by atoms with Crippen LogP contribution < -0.4 is 10.6 Å². The normalized spacial score (nSPS) is 10.9. The van der Waals surface area contributed by atoms with E-state index < -0.39 is 0 Å². The van der Waals surface area contributed by atoms with E-state index in [2.05, 4.69) is 20.7 Å². The largest absolute Gasteiger partial charge is 0.355 e. The van der Waals surface area contributed by atoms with E-state index in [1.165, 1.54) is 6.20 Å². The summed E-state index contributed by atoms with van der Waals surface area (Å²) >= 11 is 0. The number of amides is 2. The molecular formula is C14H19N5O2. The van der Waals surface area contributed by atoms with E-state index in [1.807, 2.05) is 20.8 Å². The highest BCUT2D eigenvalue weighted by Gasteiger charge is 2.12. The molecule has 0 radical (unpaired) electrons. The molecule has 2 aromatic rings. The van der Waals surface area contributed by atoms with Crippen molar-refractivity contribution in [1.82, 2.24) is 25.4 Å². The van der Waals surface area contributed by atoms with Gasteiger partial charge in [-0.15, -0.1) is 0 Å². The second-order valence-corrected chi connectivity index (χ2v) is 4.96. The maximum atomic E-state index is 12.0. The summed E-state index contributed by atoms with van der Waals surface area (Å²) in [5, 5.41) is 10.2. The number of nitrogens with one attached hydrogen (secondary N) is 2. The highest BCUT2D eigenvalue weighted by Crippen LogP contribution is 2.16. The molecule has 2 aromatic heterocycles. The van der Waals surface area contributed by atoms with E-state index in [9.17, 15) is 9.59 Å². The van der Waals surface area contributed by atoms with Crippen molar-refractivity contribution in [2.24, 2.45) is 0 Å². The molecule has 0 bridgehead atoms. The summed E-state index contributed by atoms with van der Waals surface area (Å²) < 4.78 is 1.80. The van der Waals surface area contributed by atoms with Crippen LogP contribution in [-0.2, 0) is 4.79 Å². The standard InChI is InChI=1S/C14H19N5O2/c1-4-15-12(20)8-17-14(21)11-5-10-7-18-19(9(2)3)13(10)16-6-11/h5-7,9H,4,8H2,1-3H3,(H,15,20)(H,17,21). The first-order valence-corrected chi connectivity index (χ1v) is 6.91. The Kier molecular flexibility index (Phi) is 4.52. The molecule has 0 unspecified atom stereocenters. The molecule has 0 saturated heterocycles. The van der Waals surface area contributed by atoms with E-state index in [4.69, 9.17) is 0 Å². The second-order valence-electron chi connectivity index (χ2n) is 4.96. The molecule has 0 aromatic carbocycles. The Balaban J connectivity index is 2.12. The van der Waals surface area contributed by atoms with Crippen molar-refractivity contribution in [2.75, 3.05) is 13.1 Å². The fourth-order valence-corrected chi connectivity index (χ4v) is 1.96. The third kappa shape index (κ3) is 3.36. The highest BCUT2D eigenvalue weighted by atomic mass is 16.2. The SMILES string of the molecule is CCNC(=O)CNC(=O)c1cnc2c(cnn2C(C)C)c1. The Bertz CT molecular complexity index is 662. The van der Waals surface area contributed by atoms with Crippen LogP contribution in [0.5, 0.6) is 0 Å². The topological polar surface area (TPSA) is 88.9 Å². The maximum Gasteiger partial charge on any atom is 0.253 e. The average Bonchev–Trinajstić information content (AvgIpc) is 2.88. The van der Waals surface area contributed by atoms with Gasteiger partial charge in [-0.05, 0) is 26.8 Å². The number of likely N-dealkylation sites (N-methyl/N-ethyl adjacent to an activating group) is 1. The number of pyridine rings is 1. The lowest BCUT2D eigenvalue weighted by Gasteiger charge is -2.07. The molecule has 0 aliphatic heterocycles. The lowest BCUT2D eigenvalue weighted by Crippen LogP contribution is -2.36. The number of carbonyl (C=O) groups is 2. The highest BCUT2D eigenvalue weighted by molar-refractivity contribution is 5.98. The number of hydrogen-bond acceptors (Lipinski definition) is 4. The summed E-state index contributed by atoms with van der Waals surface area (Å²) in [6, 6.07) is 1.92. The van der Waals surface area contributed by atoms with Gasteiger partial charge in [0.25, 0.3) is 5.91 Å². The molecule has 112 valence electrons. The van der Waals surface area contributed by atoms with Gasteiger partial charge in [0.2, 0.25) is 5.91 Å². The minimum Gasteiger partial charge on any atom is -0.355 e. The van der Waals surface area contributed by atoms with Gasteiger partial charge >= 0.3 is 0 Å². The van der Waals surface area contributed by atoms with E-state index in [1.54, 1.807) is 16.9 Å². The van der Waals surface area contributed by atoms with Crippen LogP contribution in [0.3, 0.4) is 0 Å². The van der Waals surface area contributed by atoms with Crippen molar-refractivity contribution in [1.29, 1.82) is 0 Å². The van der Waals surface area contributed by atoms with E-state index in [-0.39, 0.29) is 24.4 Å². The van der Waals surface area contributed by atoms with Crippen LogP contribution in [0.1, 0.15) is 37.2 Å². The first kappa shape index (κ1) is 15.0. The van der Waals surface area contributed by atoms with E-state index >= 15 is 0 Å². The summed E-state index contributed by atoms with van der Waals surface area (Å²) in [5.41, 5.74) is 1.15. The summed E-state index contributed by atoms with van der Waals surface area (Å²) in [6.07, 6.45) is 3.18. The minimum atomic E-state index is -0.326. The first-order chi connectivity index (χ1) is 10.0. The molecule has 7 nitrogen and oxygen atoms in total. The van der Waals surface area contributed by atoms with Gasteiger partial charge in [-0.25, -0.2) is 9.67 Å². The van der Waals surface area contributed by atoms with Crippen LogP contribution in [0, 0.1) is 0 Å². The summed E-state index contributed by atoms with van der Waals surface area (Å²) in [6.45, 7) is 6.35. The monoisotopic (exact) mass is 289 g/mol. The van der Waals surface area contributed by atoms with Gasteiger partial charge in [0.1, 0.15) is 0 Å². The van der Waals surface area contributed by atoms with Crippen LogP contribution in [0.2, 0.25) is 0 Å². The van der Waals surface area contributed by atoms with Crippen LogP contribution in [0.15, 0.2) is 18.5 Å². The van der Waals surface area contributed by atoms with Gasteiger partial charge < -0.3 is 10.6 Å². The molecule has 2 heterocycles.